The Hall–Kier alpha value is -0.770. The molecule has 2 aromatic rings. The largest absolute Gasteiger partial charge is 0.468 e. The summed E-state index contributed by atoms with van der Waals surface area (Å²) in [5.41, 5.74) is 1.20. The molecule has 2 rings (SSSR count). The van der Waals surface area contributed by atoms with Gasteiger partial charge in [-0.3, -0.25) is 0 Å². The third kappa shape index (κ3) is 3.11. The van der Waals surface area contributed by atoms with Crippen molar-refractivity contribution in [2.75, 3.05) is 6.54 Å². The standard InChI is InChI=1S/C12H14ClNOS/c1-9-5-7-15-11(9)8-14-6-4-10-2-3-12(13)16-10/h2-3,5,7,14H,4,6,8H2,1H3. The van der Waals surface area contributed by atoms with Crippen molar-refractivity contribution in [2.24, 2.45) is 0 Å². The van der Waals surface area contributed by atoms with Gasteiger partial charge in [0.2, 0.25) is 0 Å². The number of rotatable bonds is 5. The van der Waals surface area contributed by atoms with Gasteiger partial charge in [0.15, 0.2) is 0 Å². The summed E-state index contributed by atoms with van der Waals surface area (Å²) < 4.78 is 6.20. The Morgan fingerprint density at radius 2 is 2.25 bits per heavy atom. The van der Waals surface area contributed by atoms with E-state index in [0.717, 1.165) is 29.6 Å². The number of halogens is 1. The second-order valence-electron chi connectivity index (χ2n) is 3.66. The summed E-state index contributed by atoms with van der Waals surface area (Å²) in [6.45, 7) is 3.79. The highest BCUT2D eigenvalue weighted by Crippen LogP contribution is 2.21. The first-order chi connectivity index (χ1) is 7.75. The van der Waals surface area contributed by atoms with Crippen LogP contribution in [0, 0.1) is 6.92 Å². The predicted molar refractivity (Wildman–Crippen MR) is 68.2 cm³/mol. The van der Waals surface area contributed by atoms with E-state index in [1.807, 2.05) is 12.1 Å². The molecule has 0 atom stereocenters. The lowest BCUT2D eigenvalue weighted by Gasteiger charge is -2.02. The lowest BCUT2D eigenvalue weighted by atomic mass is 10.3. The maximum absolute atomic E-state index is 5.86. The first-order valence-corrected chi connectivity index (χ1v) is 6.43. The van der Waals surface area contributed by atoms with Gasteiger partial charge in [0.05, 0.1) is 17.1 Å². The summed E-state index contributed by atoms with van der Waals surface area (Å²) in [6.07, 6.45) is 2.74. The molecular weight excluding hydrogens is 242 g/mol. The normalized spacial score (nSPS) is 10.9. The first-order valence-electron chi connectivity index (χ1n) is 5.23. The van der Waals surface area contributed by atoms with Crippen LogP contribution in [0.1, 0.15) is 16.2 Å². The van der Waals surface area contributed by atoms with Gasteiger partial charge in [-0.05, 0) is 37.1 Å². The van der Waals surface area contributed by atoms with Crippen molar-refractivity contribution >= 4 is 22.9 Å². The molecule has 16 heavy (non-hydrogen) atoms. The van der Waals surface area contributed by atoms with Crippen LogP contribution in [0.2, 0.25) is 4.34 Å². The Kier molecular flexibility index (Phi) is 4.04. The highest BCUT2D eigenvalue weighted by molar-refractivity contribution is 7.16. The van der Waals surface area contributed by atoms with Crippen molar-refractivity contribution in [3.63, 3.8) is 0 Å². The highest BCUT2D eigenvalue weighted by atomic mass is 35.5. The lowest BCUT2D eigenvalue weighted by molar-refractivity contribution is 0.481. The van der Waals surface area contributed by atoms with E-state index in [1.165, 1.54) is 10.4 Å². The lowest BCUT2D eigenvalue weighted by Crippen LogP contribution is -2.16. The van der Waals surface area contributed by atoms with E-state index in [-0.39, 0.29) is 0 Å². The third-order valence-electron chi connectivity index (χ3n) is 2.43. The number of nitrogens with one attached hydrogen (secondary N) is 1. The maximum Gasteiger partial charge on any atom is 0.120 e. The summed E-state index contributed by atoms with van der Waals surface area (Å²) in [4.78, 5) is 1.31. The van der Waals surface area contributed by atoms with Gasteiger partial charge in [0.25, 0.3) is 0 Å². The van der Waals surface area contributed by atoms with Gasteiger partial charge in [0, 0.05) is 11.4 Å². The molecule has 86 valence electrons. The quantitative estimate of drug-likeness (QED) is 0.826. The van der Waals surface area contributed by atoms with Crippen molar-refractivity contribution in [1.82, 2.24) is 5.32 Å². The zero-order chi connectivity index (χ0) is 11.4. The monoisotopic (exact) mass is 255 g/mol. The van der Waals surface area contributed by atoms with Crippen molar-refractivity contribution in [1.29, 1.82) is 0 Å². The Labute approximate surface area is 104 Å². The smallest absolute Gasteiger partial charge is 0.120 e. The Bertz CT molecular complexity index is 449. The highest BCUT2D eigenvalue weighted by Gasteiger charge is 2.01. The summed E-state index contributed by atoms with van der Waals surface area (Å²) >= 11 is 7.50. The summed E-state index contributed by atoms with van der Waals surface area (Å²) in [6, 6.07) is 6.00. The van der Waals surface area contributed by atoms with Crippen LogP contribution in [-0.2, 0) is 13.0 Å². The minimum absolute atomic E-state index is 0.790. The van der Waals surface area contributed by atoms with Crippen LogP contribution in [0.3, 0.4) is 0 Å². The van der Waals surface area contributed by atoms with E-state index in [2.05, 4.69) is 18.3 Å². The van der Waals surface area contributed by atoms with E-state index in [4.69, 9.17) is 16.0 Å². The summed E-state index contributed by atoms with van der Waals surface area (Å²) in [7, 11) is 0. The predicted octanol–water partition coefficient (Wildman–Crippen LogP) is 3.64. The van der Waals surface area contributed by atoms with Gasteiger partial charge in [-0.15, -0.1) is 11.3 Å². The van der Waals surface area contributed by atoms with Crippen LogP contribution in [0.25, 0.3) is 0 Å². The molecule has 0 bridgehead atoms. The van der Waals surface area contributed by atoms with Gasteiger partial charge >= 0.3 is 0 Å². The summed E-state index contributed by atoms with van der Waals surface area (Å²) in [5, 5.41) is 3.36. The van der Waals surface area contributed by atoms with Crippen LogP contribution in [0.15, 0.2) is 28.9 Å². The van der Waals surface area contributed by atoms with Crippen molar-refractivity contribution in [3.05, 3.63) is 45.0 Å². The van der Waals surface area contributed by atoms with Gasteiger partial charge in [-0.1, -0.05) is 11.6 Å². The molecule has 0 amide bonds. The Morgan fingerprint density at radius 3 is 2.88 bits per heavy atom. The van der Waals surface area contributed by atoms with Gasteiger partial charge in [0.1, 0.15) is 5.76 Å². The molecule has 0 aliphatic rings. The van der Waals surface area contributed by atoms with E-state index >= 15 is 0 Å². The van der Waals surface area contributed by atoms with Crippen LogP contribution >= 0.6 is 22.9 Å². The van der Waals surface area contributed by atoms with E-state index in [0.29, 0.717) is 0 Å². The fourth-order valence-corrected chi connectivity index (χ4v) is 2.57. The van der Waals surface area contributed by atoms with Gasteiger partial charge in [-0.25, -0.2) is 0 Å². The summed E-state index contributed by atoms with van der Waals surface area (Å²) in [5.74, 6) is 1.02. The minimum Gasteiger partial charge on any atom is -0.468 e. The zero-order valence-corrected chi connectivity index (χ0v) is 10.7. The Balaban J connectivity index is 1.71. The fraction of sp³-hybridized carbons (Fsp3) is 0.333. The number of furan rings is 1. The molecule has 2 nitrogen and oxygen atoms in total. The second kappa shape index (κ2) is 5.53. The fourth-order valence-electron chi connectivity index (χ4n) is 1.48. The molecule has 2 heterocycles. The van der Waals surface area contributed by atoms with E-state index < -0.39 is 0 Å². The number of aryl methyl sites for hydroxylation is 1. The molecule has 0 radical (unpaired) electrons. The van der Waals surface area contributed by atoms with Crippen LogP contribution in [0.5, 0.6) is 0 Å². The topological polar surface area (TPSA) is 25.2 Å². The average Bonchev–Trinajstić information content (AvgIpc) is 2.83. The van der Waals surface area contributed by atoms with Gasteiger partial charge < -0.3 is 9.73 Å². The van der Waals surface area contributed by atoms with Crippen LogP contribution in [-0.4, -0.2) is 6.54 Å². The Morgan fingerprint density at radius 1 is 1.38 bits per heavy atom. The number of thiophene rings is 1. The molecule has 0 aromatic carbocycles. The van der Waals surface area contributed by atoms with E-state index in [1.54, 1.807) is 17.6 Å². The number of hydrogen-bond acceptors (Lipinski definition) is 3. The molecule has 0 saturated heterocycles. The van der Waals surface area contributed by atoms with E-state index in [9.17, 15) is 0 Å². The molecule has 1 N–H and O–H groups in total. The molecule has 0 unspecified atom stereocenters. The van der Waals surface area contributed by atoms with Crippen molar-refractivity contribution < 1.29 is 4.42 Å². The molecule has 2 aromatic heterocycles. The molecule has 0 fully saturated rings. The SMILES string of the molecule is Cc1ccoc1CNCCc1ccc(Cl)s1. The second-order valence-corrected chi connectivity index (χ2v) is 5.46. The molecule has 0 aliphatic heterocycles. The van der Waals surface area contributed by atoms with Gasteiger partial charge in [-0.2, -0.15) is 0 Å². The minimum atomic E-state index is 0.790. The molecule has 0 spiro atoms. The zero-order valence-electron chi connectivity index (χ0n) is 9.13. The molecule has 0 aliphatic carbocycles. The van der Waals surface area contributed by atoms with Crippen molar-refractivity contribution in [2.45, 2.75) is 19.9 Å². The molecule has 0 saturated carbocycles. The molecule has 4 heteroatoms. The van der Waals surface area contributed by atoms with Crippen LogP contribution in [0.4, 0.5) is 0 Å². The first kappa shape index (κ1) is 11.7. The van der Waals surface area contributed by atoms with Crippen LogP contribution < -0.4 is 5.32 Å². The average molecular weight is 256 g/mol. The number of hydrogen-bond donors (Lipinski definition) is 1. The third-order valence-corrected chi connectivity index (χ3v) is 3.72. The molecular formula is C12H14ClNOS. The maximum atomic E-state index is 5.86. The van der Waals surface area contributed by atoms with Crippen molar-refractivity contribution in [3.8, 4) is 0 Å².